The Balaban J connectivity index is 1.74. The van der Waals surface area contributed by atoms with Crippen LogP contribution < -0.4 is 14.8 Å². The van der Waals surface area contributed by atoms with Gasteiger partial charge in [-0.3, -0.25) is 4.79 Å². The fraction of sp³-hybridized carbons (Fsp3) is 0.227. The lowest BCUT2D eigenvalue weighted by Gasteiger charge is -2.26. The number of aryl methyl sites for hydroxylation is 2. The van der Waals surface area contributed by atoms with Crippen molar-refractivity contribution in [2.24, 2.45) is 0 Å². The molecule has 0 saturated heterocycles. The number of para-hydroxylation sites is 1. The highest BCUT2D eigenvalue weighted by Gasteiger charge is 2.31. The lowest BCUT2D eigenvalue weighted by Crippen LogP contribution is -2.42. The molecule has 1 amide bonds. The molecule has 2 aromatic carbocycles. The van der Waals surface area contributed by atoms with Crippen molar-refractivity contribution in [2.75, 3.05) is 5.32 Å². The van der Waals surface area contributed by atoms with Crippen molar-refractivity contribution >= 4 is 23.2 Å². The van der Waals surface area contributed by atoms with E-state index in [-0.39, 0.29) is 11.9 Å². The van der Waals surface area contributed by atoms with Crippen LogP contribution in [0, 0.1) is 13.8 Å². The summed E-state index contributed by atoms with van der Waals surface area (Å²) in [6.07, 6.45) is 0. The Morgan fingerprint density at radius 1 is 0.931 bits per heavy atom. The maximum atomic E-state index is 12.8. The summed E-state index contributed by atoms with van der Waals surface area (Å²) in [6.45, 7) is 6.95. The van der Waals surface area contributed by atoms with Gasteiger partial charge in [-0.05, 0) is 64.1 Å². The Kier molecular flexibility index (Phi) is 6.03. The fourth-order valence-corrected chi connectivity index (χ4v) is 2.74. The molecule has 1 N–H and O–H groups in total. The first-order chi connectivity index (χ1) is 13.7. The Bertz CT molecular complexity index is 983. The zero-order valence-corrected chi connectivity index (χ0v) is 17.4. The number of carbonyl (C=O) groups excluding carboxylic acids is 1. The van der Waals surface area contributed by atoms with E-state index in [0.29, 0.717) is 33.6 Å². The summed E-state index contributed by atoms with van der Waals surface area (Å²) in [5.74, 6) is 0.866. The molecular formula is C22H22ClN3O3. The van der Waals surface area contributed by atoms with Gasteiger partial charge in [-0.1, -0.05) is 29.8 Å². The van der Waals surface area contributed by atoms with Gasteiger partial charge in [0.05, 0.1) is 17.1 Å². The Hall–Kier alpha value is -3.12. The molecule has 0 radical (unpaired) electrons. The summed E-state index contributed by atoms with van der Waals surface area (Å²) >= 11 is 5.89. The van der Waals surface area contributed by atoms with E-state index >= 15 is 0 Å². The van der Waals surface area contributed by atoms with E-state index in [1.54, 1.807) is 52.0 Å². The van der Waals surface area contributed by atoms with E-state index in [2.05, 4.69) is 15.3 Å². The molecule has 0 unspecified atom stereocenters. The number of benzene rings is 2. The van der Waals surface area contributed by atoms with Crippen LogP contribution in [0.5, 0.6) is 17.5 Å². The number of hydrogen-bond donors (Lipinski definition) is 1. The first-order valence-electron chi connectivity index (χ1n) is 9.09. The third-order valence-electron chi connectivity index (χ3n) is 4.17. The molecule has 0 fully saturated rings. The Morgan fingerprint density at radius 3 is 2.10 bits per heavy atom. The van der Waals surface area contributed by atoms with Crippen LogP contribution in [-0.2, 0) is 4.79 Å². The number of carbonyl (C=O) groups is 1. The molecule has 0 saturated carbocycles. The molecule has 0 aliphatic heterocycles. The maximum absolute atomic E-state index is 12.8. The number of anilines is 1. The lowest BCUT2D eigenvalue weighted by molar-refractivity contribution is -0.128. The van der Waals surface area contributed by atoms with Gasteiger partial charge >= 0.3 is 6.01 Å². The molecule has 0 aliphatic carbocycles. The van der Waals surface area contributed by atoms with Crippen LogP contribution in [0.15, 0.2) is 54.6 Å². The summed E-state index contributed by atoms with van der Waals surface area (Å²) in [7, 11) is 0. The molecular weight excluding hydrogens is 390 g/mol. The number of rotatable bonds is 6. The number of amides is 1. The van der Waals surface area contributed by atoms with Crippen molar-refractivity contribution in [1.29, 1.82) is 0 Å². The van der Waals surface area contributed by atoms with Crippen molar-refractivity contribution in [3.63, 3.8) is 0 Å². The smallest absolute Gasteiger partial charge is 0.322 e. The summed E-state index contributed by atoms with van der Waals surface area (Å²) < 4.78 is 11.5. The fourth-order valence-electron chi connectivity index (χ4n) is 2.61. The molecule has 6 nitrogen and oxygen atoms in total. The minimum absolute atomic E-state index is 0.223. The van der Waals surface area contributed by atoms with E-state index in [9.17, 15) is 4.79 Å². The van der Waals surface area contributed by atoms with Gasteiger partial charge in [0.25, 0.3) is 5.91 Å². The average molecular weight is 412 g/mol. The molecule has 0 aliphatic rings. The van der Waals surface area contributed by atoms with Crippen molar-refractivity contribution in [2.45, 2.75) is 33.3 Å². The quantitative estimate of drug-likeness (QED) is 0.593. The molecule has 0 bridgehead atoms. The van der Waals surface area contributed by atoms with Crippen LogP contribution in [0.1, 0.15) is 25.2 Å². The number of hydrogen-bond acceptors (Lipinski definition) is 5. The van der Waals surface area contributed by atoms with Gasteiger partial charge in [0.15, 0.2) is 5.60 Å². The highest BCUT2D eigenvalue weighted by atomic mass is 35.5. The van der Waals surface area contributed by atoms with Gasteiger partial charge in [-0.25, -0.2) is 0 Å². The average Bonchev–Trinajstić information content (AvgIpc) is 2.67. The molecule has 3 rings (SSSR count). The van der Waals surface area contributed by atoms with Crippen molar-refractivity contribution < 1.29 is 14.3 Å². The van der Waals surface area contributed by atoms with Crippen molar-refractivity contribution in [3.05, 3.63) is 71.0 Å². The highest BCUT2D eigenvalue weighted by Crippen LogP contribution is 2.26. The van der Waals surface area contributed by atoms with Crippen LogP contribution in [0.25, 0.3) is 0 Å². The van der Waals surface area contributed by atoms with Gasteiger partial charge in [0.2, 0.25) is 0 Å². The molecule has 3 aromatic rings. The van der Waals surface area contributed by atoms with Crippen LogP contribution >= 0.6 is 11.6 Å². The summed E-state index contributed by atoms with van der Waals surface area (Å²) in [6, 6.07) is 16.3. The zero-order chi connectivity index (χ0) is 21.0. The predicted octanol–water partition coefficient (Wildman–Crippen LogP) is 5.34. The SMILES string of the molecule is Cc1nc(Oc2ccccc2)nc(C)c1NC(=O)C(C)(C)Oc1ccc(Cl)cc1. The van der Waals surface area contributed by atoms with E-state index in [1.165, 1.54) is 0 Å². The molecule has 1 aromatic heterocycles. The van der Waals surface area contributed by atoms with Crippen LogP contribution in [-0.4, -0.2) is 21.5 Å². The van der Waals surface area contributed by atoms with Crippen molar-refractivity contribution in [3.8, 4) is 17.5 Å². The van der Waals surface area contributed by atoms with E-state index in [1.807, 2.05) is 30.3 Å². The topological polar surface area (TPSA) is 73.3 Å². The lowest BCUT2D eigenvalue weighted by atomic mass is 10.1. The molecule has 0 atom stereocenters. The van der Waals surface area contributed by atoms with Crippen LogP contribution in [0.2, 0.25) is 5.02 Å². The summed E-state index contributed by atoms with van der Waals surface area (Å²) in [4.78, 5) is 21.5. The minimum atomic E-state index is -1.12. The normalized spacial score (nSPS) is 11.1. The molecule has 1 heterocycles. The van der Waals surface area contributed by atoms with E-state index in [0.717, 1.165) is 0 Å². The molecule has 0 spiro atoms. The minimum Gasteiger partial charge on any atom is -0.478 e. The second kappa shape index (κ2) is 8.49. The predicted molar refractivity (Wildman–Crippen MR) is 113 cm³/mol. The monoisotopic (exact) mass is 411 g/mol. The van der Waals surface area contributed by atoms with E-state index in [4.69, 9.17) is 21.1 Å². The van der Waals surface area contributed by atoms with Crippen molar-refractivity contribution in [1.82, 2.24) is 9.97 Å². The third-order valence-corrected chi connectivity index (χ3v) is 4.43. The third kappa shape index (κ3) is 5.23. The van der Waals surface area contributed by atoms with Crippen LogP contribution in [0.3, 0.4) is 0 Å². The summed E-state index contributed by atoms with van der Waals surface area (Å²) in [5.41, 5.74) is 0.604. The number of aromatic nitrogens is 2. The second-order valence-electron chi connectivity index (χ2n) is 6.99. The zero-order valence-electron chi connectivity index (χ0n) is 16.7. The van der Waals surface area contributed by atoms with Gasteiger partial charge in [0, 0.05) is 5.02 Å². The first kappa shape index (κ1) is 20.6. The number of halogens is 1. The van der Waals surface area contributed by atoms with Gasteiger partial charge in [-0.2, -0.15) is 9.97 Å². The first-order valence-corrected chi connectivity index (χ1v) is 9.46. The summed E-state index contributed by atoms with van der Waals surface area (Å²) in [5, 5.41) is 3.47. The Morgan fingerprint density at radius 2 is 1.52 bits per heavy atom. The largest absolute Gasteiger partial charge is 0.478 e. The Labute approximate surface area is 174 Å². The number of ether oxygens (including phenoxy) is 2. The highest BCUT2D eigenvalue weighted by molar-refractivity contribution is 6.30. The molecule has 150 valence electrons. The van der Waals surface area contributed by atoms with Gasteiger partial charge in [-0.15, -0.1) is 0 Å². The number of nitrogens with one attached hydrogen (secondary N) is 1. The second-order valence-corrected chi connectivity index (χ2v) is 7.42. The van der Waals surface area contributed by atoms with Gasteiger partial charge < -0.3 is 14.8 Å². The standard InChI is InChI=1S/C22H22ClN3O3/c1-14-19(15(2)25-21(24-14)28-17-8-6-5-7-9-17)26-20(27)22(3,4)29-18-12-10-16(23)11-13-18/h5-13H,1-4H3,(H,26,27). The maximum Gasteiger partial charge on any atom is 0.322 e. The molecule has 29 heavy (non-hydrogen) atoms. The number of nitrogens with zero attached hydrogens (tertiary/aromatic N) is 2. The van der Waals surface area contributed by atoms with Crippen LogP contribution in [0.4, 0.5) is 5.69 Å². The van der Waals surface area contributed by atoms with Gasteiger partial charge in [0.1, 0.15) is 11.5 Å². The molecule has 7 heteroatoms. The van der Waals surface area contributed by atoms with E-state index < -0.39 is 5.60 Å².